The van der Waals surface area contributed by atoms with E-state index in [-0.39, 0.29) is 29.8 Å². The topological polar surface area (TPSA) is 180 Å². The van der Waals surface area contributed by atoms with Gasteiger partial charge in [-0.1, -0.05) is 11.6 Å². The Morgan fingerprint density at radius 3 is 2.70 bits per heavy atom. The minimum absolute atomic E-state index is 0.178. The van der Waals surface area contributed by atoms with Gasteiger partial charge in [0.2, 0.25) is 5.95 Å². The molecule has 1 aliphatic heterocycles. The molecule has 14 nitrogen and oxygen atoms in total. The summed E-state index contributed by atoms with van der Waals surface area (Å²) in [7, 11) is 3.22. The first-order valence-electron chi connectivity index (χ1n) is 13.9. The van der Waals surface area contributed by atoms with Crippen LogP contribution in [0, 0.1) is 22.7 Å². The van der Waals surface area contributed by atoms with Gasteiger partial charge in [-0.2, -0.15) is 20.0 Å². The van der Waals surface area contributed by atoms with Gasteiger partial charge in [-0.3, -0.25) is 4.90 Å². The van der Waals surface area contributed by atoms with Crippen LogP contribution in [-0.4, -0.2) is 93.2 Å². The summed E-state index contributed by atoms with van der Waals surface area (Å²) >= 11 is 6.99. The van der Waals surface area contributed by atoms with E-state index in [1.807, 2.05) is 11.9 Å². The number of likely N-dealkylation sites (N-methyl/N-ethyl adjacent to an activating group) is 1. The van der Waals surface area contributed by atoms with Crippen LogP contribution in [0.4, 0.5) is 27.9 Å². The maximum absolute atomic E-state index is 12.1. The van der Waals surface area contributed by atoms with Crippen LogP contribution in [0.3, 0.4) is 0 Å². The molecule has 2 aromatic heterocycles. The number of rotatable bonds is 9. The first-order valence-corrected chi connectivity index (χ1v) is 14.3. The summed E-state index contributed by atoms with van der Waals surface area (Å²) < 4.78 is 6.27. The van der Waals surface area contributed by atoms with E-state index in [4.69, 9.17) is 16.3 Å². The number of nitrogens with zero attached hydrogens (tertiary/aromatic N) is 8. The zero-order chi connectivity index (χ0) is 30.9. The molecule has 2 aliphatic rings. The van der Waals surface area contributed by atoms with Gasteiger partial charge in [-0.05, 0) is 52.3 Å². The molecule has 226 valence electrons. The first kappa shape index (κ1) is 30.1. The van der Waals surface area contributed by atoms with Crippen LogP contribution >= 0.6 is 11.6 Å². The summed E-state index contributed by atoms with van der Waals surface area (Å²) in [6, 6.07) is 7.48. The van der Waals surface area contributed by atoms with Crippen molar-refractivity contribution in [3.8, 4) is 12.1 Å². The van der Waals surface area contributed by atoms with Crippen molar-refractivity contribution in [1.82, 2.24) is 29.8 Å². The van der Waals surface area contributed by atoms with E-state index in [1.165, 1.54) is 17.8 Å². The standard InChI is InChI=1S/C28H34ClN11O3/c1-28(2,42)15-38(3)22-14-39(8-7-19(22)35-27(41)43-4)21-10-16(11-30)9-20(23(21)29)34-26-36-24(33-17-5-6-17)25-32-13-18(12-31)40(25)37-26/h9-10,13,17,19,22,42H,5-8,14-15H2,1-4H3,(H,35,41)(H2,33,34,36,37)/t19-,22-/m1/s1. The molecular weight excluding hydrogens is 574 g/mol. The van der Waals surface area contributed by atoms with Crippen molar-refractivity contribution >= 4 is 46.5 Å². The number of nitriles is 2. The highest BCUT2D eigenvalue weighted by Crippen LogP contribution is 2.38. The maximum atomic E-state index is 12.1. The number of ether oxygens (including phenoxy) is 1. The minimum atomic E-state index is -0.961. The van der Waals surface area contributed by atoms with E-state index in [2.05, 4.69) is 48.1 Å². The lowest BCUT2D eigenvalue weighted by atomic mass is 9.95. The number of amides is 1. The maximum Gasteiger partial charge on any atom is 0.407 e. The lowest BCUT2D eigenvalue weighted by Crippen LogP contribution is -2.61. The molecule has 43 heavy (non-hydrogen) atoms. The molecule has 1 aromatic carbocycles. The quantitative estimate of drug-likeness (QED) is 0.280. The van der Waals surface area contributed by atoms with E-state index < -0.39 is 11.7 Å². The van der Waals surface area contributed by atoms with Gasteiger partial charge in [0.05, 0.1) is 53.0 Å². The smallest absolute Gasteiger partial charge is 0.407 e. The van der Waals surface area contributed by atoms with E-state index in [9.17, 15) is 20.4 Å². The zero-order valence-electron chi connectivity index (χ0n) is 24.4. The fourth-order valence-electron chi connectivity index (χ4n) is 5.35. The number of anilines is 4. The van der Waals surface area contributed by atoms with Gasteiger partial charge in [0.25, 0.3) is 0 Å². The van der Waals surface area contributed by atoms with Gasteiger partial charge in [-0.25, -0.2) is 9.78 Å². The van der Waals surface area contributed by atoms with Gasteiger partial charge in [0, 0.05) is 31.7 Å². The second-order valence-electron chi connectivity index (χ2n) is 11.6. The van der Waals surface area contributed by atoms with Gasteiger partial charge >= 0.3 is 6.09 Å². The van der Waals surface area contributed by atoms with Gasteiger partial charge in [-0.15, -0.1) is 5.10 Å². The highest BCUT2D eigenvalue weighted by molar-refractivity contribution is 6.36. The van der Waals surface area contributed by atoms with Crippen molar-refractivity contribution in [3.05, 3.63) is 34.6 Å². The van der Waals surface area contributed by atoms with Crippen LogP contribution in [0.25, 0.3) is 5.65 Å². The lowest BCUT2D eigenvalue weighted by Gasteiger charge is -2.45. The van der Waals surface area contributed by atoms with Crippen molar-refractivity contribution in [2.24, 2.45) is 0 Å². The molecule has 0 bridgehead atoms. The molecule has 2 atom stereocenters. The van der Waals surface area contributed by atoms with Crippen LogP contribution in [0.1, 0.15) is 44.4 Å². The van der Waals surface area contributed by atoms with Crippen LogP contribution in [-0.2, 0) is 4.74 Å². The van der Waals surface area contributed by atoms with Crippen LogP contribution < -0.4 is 20.9 Å². The third kappa shape index (κ3) is 6.83. The second kappa shape index (κ2) is 12.1. The molecule has 4 N–H and O–H groups in total. The van der Waals surface area contributed by atoms with Crippen LogP contribution in [0.15, 0.2) is 18.3 Å². The average molecular weight is 608 g/mol. The largest absolute Gasteiger partial charge is 0.453 e. The van der Waals surface area contributed by atoms with E-state index in [0.717, 1.165) is 12.8 Å². The predicted molar refractivity (Wildman–Crippen MR) is 160 cm³/mol. The number of carbonyl (C=O) groups excluding carboxylic acids is 1. The zero-order valence-corrected chi connectivity index (χ0v) is 25.2. The van der Waals surface area contributed by atoms with Crippen molar-refractivity contribution in [2.75, 3.05) is 49.3 Å². The van der Waals surface area contributed by atoms with Crippen molar-refractivity contribution < 1.29 is 14.6 Å². The number of aromatic nitrogens is 4. The van der Waals surface area contributed by atoms with E-state index in [1.54, 1.807) is 26.0 Å². The summed E-state index contributed by atoms with van der Waals surface area (Å²) in [6.45, 7) is 4.81. The van der Waals surface area contributed by atoms with Crippen LogP contribution in [0.2, 0.25) is 5.02 Å². The second-order valence-corrected chi connectivity index (χ2v) is 11.9. The summed E-state index contributed by atoms with van der Waals surface area (Å²) in [5.41, 5.74) is 1.15. The summed E-state index contributed by atoms with van der Waals surface area (Å²) in [5.74, 6) is 0.670. The van der Waals surface area contributed by atoms with Gasteiger partial charge < -0.3 is 30.7 Å². The Bertz CT molecular complexity index is 1600. The normalized spacial score (nSPS) is 18.7. The Kier molecular flexibility index (Phi) is 8.46. The molecule has 0 radical (unpaired) electrons. The highest BCUT2D eigenvalue weighted by atomic mass is 35.5. The van der Waals surface area contributed by atoms with Crippen molar-refractivity contribution in [3.63, 3.8) is 0 Å². The Morgan fingerprint density at radius 2 is 2.05 bits per heavy atom. The fourth-order valence-corrected chi connectivity index (χ4v) is 5.62. The average Bonchev–Trinajstić information content (AvgIpc) is 3.68. The van der Waals surface area contributed by atoms with Crippen molar-refractivity contribution in [2.45, 2.75) is 56.8 Å². The molecule has 3 aromatic rings. The number of methoxy groups -OCH3 is 1. The van der Waals surface area contributed by atoms with E-state index in [0.29, 0.717) is 59.5 Å². The number of imidazole rings is 1. The number of nitrogens with one attached hydrogen (secondary N) is 3. The summed E-state index contributed by atoms with van der Waals surface area (Å²) in [6.07, 6.45) is 3.52. The molecular formula is C28H34ClN11O3. The molecule has 3 heterocycles. The Hall–Kier alpha value is -4.37. The number of piperidine rings is 1. The predicted octanol–water partition coefficient (Wildman–Crippen LogP) is 2.84. The van der Waals surface area contributed by atoms with Gasteiger partial charge in [0.15, 0.2) is 17.2 Å². The number of benzene rings is 1. The number of alkyl carbamates (subject to hydrolysis) is 1. The monoisotopic (exact) mass is 607 g/mol. The molecule has 0 unspecified atom stereocenters. The van der Waals surface area contributed by atoms with Crippen LogP contribution in [0.5, 0.6) is 0 Å². The van der Waals surface area contributed by atoms with E-state index >= 15 is 0 Å². The summed E-state index contributed by atoms with van der Waals surface area (Å²) in [5, 5.41) is 44.2. The van der Waals surface area contributed by atoms with Crippen molar-refractivity contribution in [1.29, 1.82) is 10.5 Å². The molecule has 0 spiro atoms. The third-order valence-electron chi connectivity index (χ3n) is 7.44. The Balaban J connectivity index is 1.47. The number of aliphatic hydroxyl groups is 1. The molecule has 2 fully saturated rings. The highest BCUT2D eigenvalue weighted by Gasteiger charge is 2.36. The fraction of sp³-hybridized carbons (Fsp3) is 0.500. The number of hydrogen-bond acceptors (Lipinski definition) is 12. The Morgan fingerprint density at radius 1 is 1.28 bits per heavy atom. The third-order valence-corrected chi connectivity index (χ3v) is 7.83. The molecule has 1 amide bonds. The molecule has 1 aliphatic carbocycles. The minimum Gasteiger partial charge on any atom is -0.453 e. The Labute approximate surface area is 254 Å². The van der Waals surface area contributed by atoms with Gasteiger partial charge in [0.1, 0.15) is 6.07 Å². The number of hydrogen-bond donors (Lipinski definition) is 4. The lowest BCUT2D eigenvalue weighted by molar-refractivity contribution is 0.0233. The number of fused-ring (bicyclic) bond motifs is 1. The summed E-state index contributed by atoms with van der Waals surface area (Å²) in [4.78, 5) is 25.1. The number of carbonyl (C=O) groups is 1. The molecule has 15 heteroatoms. The SMILES string of the molecule is COC(=O)N[C@@H]1CCN(c2cc(C#N)cc(Nc3nc(NC4CC4)c4ncc(C#N)n4n3)c2Cl)C[C@H]1N(C)CC(C)(C)O. The molecule has 1 saturated carbocycles. The first-order chi connectivity index (χ1) is 20.5. The number of halogens is 1. The molecule has 5 rings (SSSR count). The molecule has 1 saturated heterocycles.